The Balaban J connectivity index is 1.80. The Kier molecular flexibility index (Phi) is 4.83. The highest BCUT2D eigenvalue weighted by molar-refractivity contribution is 7.91. The molecule has 1 aliphatic rings. The van der Waals surface area contributed by atoms with Gasteiger partial charge in [-0.1, -0.05) is 37.3 Å². The Morgan fingerprint density at radius 1 is 0.957 bits per heavy atom. The normalized spacial score (nSPS) is 17.3. The number of piperidine rings is 1. The van der Waals surface area contributed by atoms with Gasteiger partial charge >= 0.3 is 0 Å². The second-order valence-corrected chi connectivity index (χ2v) is 8.37. The summed E-state index contributed by atoms with van der Waals surface area (Å²) in [5.41, 5.74) is 1.07. The summed E-state index contributed by atoms with van der Waals surface area (Å²) < 4.78 is 25.4. The van der Waals surface area contributed by atoms with Crippen molar-refractivity contribution >= 4 is 9.84 Å². The summed E-state index contributed by atoms with van der Waals surface area (Å²) in [6.45, 7) is 5.31. The largest absolute Gasteiger partial charge is 0.299 e. The third-order valence-corrected chi connectivity index (χ3v) is 6.31. The Morgan fingerprint density at radius 2 is 1.61 bits per heavy atom. The van der Waals surface area contributed by atoms with Crippen LogP contribution in [-0.2, 0) is 16.4 Å². The van der Waals surface area contributed by atoms with E-state index in [2.05, 4.69) is 11.8 Å². The molecule has 4 heteroatoms. The molecule has 1 aliphatic heterocycles. The molecule has 0 atom stereocenters. The van der Waals surface area contributed by atoms with Crippen LogP contribution >= 0.6 is 0 Å². The molecule has 23 heavy (non-hydrogen) atoms. The minimum absolute atomic E-state index is 0.351. The predicted octanol–water partition coefficient (Wildman–Crippen LogP) is 3.75. The third-order valence-electron chi connectivity index (χ3n) is 4.54. The number of hydrogen-bond donors (Lipinski definition) is 0. The maximum absolute atomic E-state index is 12.7. The van der Waals surface area contributed by atoms with Gasteiger partial charge in [0.2, 0.25) is 9.84 Å². The van der Waals surface area contributed by atoms with Gasteiger partial charge in [0.05, 0.1) is 9.79 Å². The monoisotopic (exact) mass is 329 g/mol. The van der Waals surface area contributed by atoms with Crippen LogP contribution in [0.25, 0.3) is 0 Å². The zero-order valence-corrected chi connectivity index (χ0v) is 14.3. The van der Waals surface area contributed by atoms with Gasteiger partial charge in [-0.3, -0.25) is 4.90 Å². The smallest absolute Gasteiger partial charge is 0.206 e. The molecule has 1 saturated heterocycles. The van der Waals surface area contributed by atoms with Crippen LogP contribution in [0.3, 0.4) is 0 Å². The van der Waals surface area contributed by atoms with Crippen LogP contribution in [0, 0.1) is 5.92 Å². The van der Waals surface area contributed by atoms with Crippen LogP contribution in [0.4, 0.5) is 0 Å². The average Bonchev–Trinajstić information content (AvgIpc) is 2.58. The lowest BCUT2D eigenvalue weighted by molar-refractivity contribution is 0.185. The molecule has 1 heterocycles. The second kappa shape index (κ2) is 6.85. The molecule has 0 bridgehead atoms. The zero-order chi connectivity index (χ0) is 16.3. The van der Waals surface area contributed by atoms with Crippen LogP contribution in [0.2, 0.25) is 0 Å². The summed E-state index contributed by atoms with van der Waals surface area (Å²) in [4.78, 5) is 3.14. The van der Waals surface area contributed by atoms with Crippen LogP contribution < -0.4 is 0 Å². The van der Waals surface area contributed by atoms with Gasteiger partial charge in [-0.05, 0) is 61.7 Å². The summed E-state index contributed by atoms with van der Waals surface area (Å²) in [6.07, 6.45) is 2.45. The van der Waals surface area contributed by atoms with Crippen LogP contribution in [0.5, 0.6) is 0 Å². The summed E-state index contributed by atoms with van der Waals surface area (Å²) in [5.74, 6) is 0.802. The summed E-state index contributed by atoms with van der Waals surface area (Å²) in [5, 5.41) is 0. The number of nitrogens with zero attached hydrogens (tertiary/aromatic N) is 1. The van der Waals surface area contributed by atoms with E-state index in [1.54, 1.807) is 30.3 Å². The maximum Gasteiger partial charge on any atom is 0.206 e. The molecule has 0 unspecified atom stereocenters. The molecule has 122 valence electrons. The first-order valence-electron chi connectivity index (χ1n) is 8.17. The van der Waals surface area contributed by atoms with Crippen molar-refractivity contribution < 1.29 is 8.42 Å². The topological polar surface area (TPSA) is 37.4 Å². The Morgan fingerprint density at radius 3 is 2.30 bits per heavy atom. The van der Waals surface area contributed by atoms with E-state index in [-0.39, 0.29) is 0 Å². The van der Waals surface area contributed by atoms with Gasteiger partial charge < -0.3 is 0 Å². The lowest BCUT2D eigenvalue weighted by Gasteiger charge is -2.30. The van der Waals surface area contributed by atoms with Crippen molar-refractivity contribution in [2.75, 3.05) is 13.1 Å². The lowest BCUT2D eigenvalue weighted by Crippen LogP contribution is -2.32. The molecular formula is C19H23NO2S. The minimum atomic E-state index is -3.43. The fourth-order valence-corrected chi connectivity index (χ4v) is 4.38. The molecule has 2 aromatic rings. The SMILES string of the molecule is CC1CCN(Cc2cccc(S(=O)(=O)c3ccccc3)c2)CC1. The molecule has 0 aromatic heterocycles. The lowest BCUT2D eigenvalue weighted by atomic mass is 9.99. The van der Waals surface area contributed by atoms with Crippen LogP contribution in [-0.4, -0.2) is 26.4 Å². The van der Waals surface area contributed by atoms with Crippen molar-refractivity contribution in [3.63, 3.8) is 0 Å². The van der Waals surface area contributed by atoms with Crippen molar-refractivity contribution in [2.24, 2.45) is 5.92 Å². The van der Waals surface area contributed by atoms with Gasteiger partial charge in [0.15, 0.2) is 0 Å². The molecule has 0 aliphatic carbocycles. The van der Waals surface area contributed by atoms with Crippen molar-refractivity contribution in [1.82, 2.24) is 4.90 Å². The van der Waals surface area contributed by atoms with E-state index in [4.69, 9.17) is 0 Å². The van der Waals surface area contributed by atoms with Crippen molar-refractivity contribution in [1.29, 1.82) is 0 Å². The number of sulfone groups is 1. The van der Waals surface area contributed by atoms with E-state index >= 15 is 0 Å². The average molecular weight is 329 g/mol. The highest BCUT2D eigenvalue weighted by Crippen LogP contribution is 2.23. The van der Waals surface area contributed by atoms with Gasteiger partial charge in [0.1, 0.15) is 0 Å². The highest BCUT2D eigenvalue weighted by Gasteiger charge is 2.19. The first-order chi connectivity index (χ1) is 11.1. The fourth-order valence-electron chi connectivity index (χ4n) is 3.03. The summed E-state index contributed by atoms with van der Waals surface area (Å²) >= 11 is 0. The van der Waals surface area contributed by atoms with Gasteiger partial charge in [0.25, 0.3) is 0 Å². The Labute approximate surface area is 138 Å². The standard InChI is InChI=1S/C19H23NO2S/c1-16-10-12-20(13-11-16)15-17-6-5-9-19(14-17)23(21,22)18-7-3-2-4-8-18/h2-9,14,16H,10-13,15H2,1H3. The summed E-state index contributed by atoms with van der Waals surface area (Å²) in [7, 11) is -3.43. The molecular weight excluding hydrogens is 306 g/mol. The van der Waals surface area contributed by atoms with Gasteiger partial charge in [-0.25, -0.2) is 8.42 Å². The van der Waals surface area contributed by atoms with E-state index < -0.39 is 9.84 Å². The summed E-state index contributed by atoms with van der Waals surface area (Å²) in [6, 6.07) is 16.0. The van der Waals surface area contributed by atoms with Crippen molar-refractivity contribution in [3.05, 3.63) is 60.2 Å². The van der Waals surface area contributed by atoms with Gasteiger partial charge in [-0.15, -0.1) is 0 Å². The van der Waals surface area contributed by atoms with E-state index in [0.29, 0.717) is 9.79 Å². The van der Waals surface area contributed by atoms with Crippen molar-refractivity contribution in [3.8, 4) is 0 Å². The molecule has 3 nitrogen and oxygen atoms in total. The number of hydrogen-bond acceptors (Lipinski definition) is 3. The van der Waals surface area contributed by atoms with Gasteiger partial charge in [-0.2, -0.15) is 0 Å². The van der Waals surface area contributed by atoms with Crippen LogP contribution in [0.15, 0.2) is 64.4 Å². The van der Waals surface area contributed by atoms with E-state index in [1.165, 1.54) is 12.8 Å². The quantitative estimate of drug-likeness (QED) is 0.857. The molecule has 0 N–H and O–H groups in total. The molecule has 0 spiro atoms. The molecule has 3 rings (SSSR count). The highest BCUT2D eigenvalue weighted by atomic mass is 32.2. The number of rotatable bonds is 4. The van der Waals surface area contributed by atoms with E-state index in [1.807, 2.05) is 24.3 Å². The van der Waals surface area contributed by atoms with E-state index in [9.17, 15) is 8.42 Å². The third kappa shape index (κ3) is 3.82. The molecule has 2 aromatic carbocycles. The second-order valence-electron chi connectivity index (χ2n) is 6.42. The first kappa shape index (κ1) is 16.2. The Hall–Kier alpha value is -1.65. The molecule has 0 radical (unpaired) electrons. The molecule has 0 amide bonds. The maximum atomic E-state index is 12.7. The van der Waals surface area contributed by atoms with E-state index in [0.717, 1.165) is 31.1 Å². The zero-order valence-electron chi connectivity index (χ0n) is 13.5. The van der Waals surface area contributed by atoms with Gasteiger partial charge in [0, 0.05) is 6.54 Å². The van der Waals surface area contributed by atoms with Crippen molar-refractivity contribution in [2.45, 2.75) is 36.1 Å². The predicted molar refractivity (Wildman–Crippen MR) is 92.0 cm³/mol. The first-order valence-corrected chi connectivity index (χ1v) is 9.65. The van der Waals surface area contributed by atoms with Crippen LogP contribution in [0.1, 0.15) is 25.3 Å². The minimum Gasteiger partial charge on any atom is -0.299 e. The number of likely N-dealkylation sites (tertiary alicyclic amines) is 1. The molecule has 0 saturated carbocycles. The fraction of sp³-hybridized carbons (Fsp3) is 0.368. The molecule has 1 fully saturated rings. The Bertz CT molecular complexity index is 748. The number of benzene rings is 2.